The van der Waals surface area contributed by atoms with Gasteiger partial charge < -0.3 is 9.88 Å². The van der Waals surface area contributed by atoms with Crippen LogP contribution >= 0.6 is 0 Å². The molecule has 0 fully saturated rings. The molecule has 1 N–H and O–H groups in total. The first-order valence-corrected chi connectivity index (χ1v) is 3.16. The van der Waals surface area contributed by atoms with Gasteiger partial charge >= 0.3 is 0 Å². The highest BCUT2D eigenvalue weighted by Gasteiger charge is 2.14. The average Bonchev–Trinajstić information content (AvgIpc) is 2.36. The van der Waals surface area contributed by atoms with Crippen molar-refractivity contribution in [1.82, 2.24) is 14.9 Å². The molecule has 1 aromatic rings. The Morgan fingerprint density at radius 2 is 2.60 bits per heavy atom. The Morgan fingerprint density at radius 3 is 3.40 bits per heavy atom. The fraction of sp³-hybridized carbons (Fsp3) is 0.333. The van der Waals surface area contributed by atoms with Gasteiger partial charge in [0.25, 0.3) is 5.91 Å². The SMILES string of the molecule is O=C1NCCn2cncc21. The molecule has 1 aliphatic heterocycles. The van der Waals surface area contributed by atoms with Crippen LogP contribution in [0.25, 0.3) is 0 Å². The molecule has 4 heteroatoms. The van der Waals surface area contributed by atoms with Crippen molar-refractivity contribution in [3.05, 3.63) is 18.2 Å². The lowest BCUT2D eigenvalue weighted by Crippen LogP contribution is -2.34. The molecular weight excluding hydrogens is 130 g/mol. The number of hydrogen-bond acceptors (Lipinski definition) is 2. The first kappa shape index (κ1) is 5.46. The first-order valence-electron chi connectivity index (χ1n) is 3.16. The van der Waals surface area contributed by atoms with Gasteiger partial charge in [-0.3, -0.25) is 4.79 Å². The zero-order valence-corrected chi connectivity index (χ0v) is 5.37. The number of rotatable bonds is 0. The van der Waals surface area contributed by atoms with E-state index in [1.165, 1.54) is 0 Å². The van der Waals surface area contributed by atoms with Crippen LogP contribution in [0.3, 0.4) is 0 Å². The molecular formula is C6H7N3O. The van der Waals surface area contributed by atoms with E-state index in [0.717, 1.165) is 6.54 Å². The largest absolute Gasteiger partial charge is 0.349 e. The van der Waals surface area contributed by atoms with E-state index < -0.39 is 0 Å². The monoisotopic (exact) mass is 137 g/mol. The molecule has 0 radical (unpaired) electrons. The average molecular weight is 137 g/mol. The molecule has 0 unspecified atom stereocenters. The Bertz CT molecular complexity index is 266. The van der Waals surface area contributed by atoms with Crippen molar-refractivity contribution in [2.24, 2.45) is 0 Å². The molecule has 0 atom stereocenters. The number of carbonyl (C=O) groups is 1. The Morgan fingerprint density at radius 1 is 1.70 bits per heavy atom. The predicted octanol–water partition coefficient (Wildman–Crippen LogP) is -0.374. The predicted molar refractivity (Wildman–Crippen MR) is 34.6 cm³/mol. The van der Waals surface area contributed by atoms with E-state index >= 15 is 0 Å². The summed E-state index contributed by atoms with van der Waals surface area (Å²) in [6, 6.07) is 0. The molecule has 0 spiro atoms. The van der Waals surface area contributed by atoms with E-state index in [0.29, 0.717) is 12.2 Å². The maximum atomic E-state index is 11.0. The summed E-state index contributed by atoms with van der Waals surface area (Å²) in [6.07, 6.45) is 3.25. The topological polar surface area (TPSA) is 46.9 Å². The third-order valence-electron chi connectivity index (χ3n) is 1.58. The molecule has 52 valence electrons. The van der Waals surface area contributed by atoms with Crippen LogP contribution in [-0.2, 0) is 6.54 Å². The molecule has 0 aliphatic carbocycles. The minimum absolute atomic E-state index is 0.0243. The third-order valence-corrected chi connectivity index (χ3v) is 1.58. The normalized spacial score (nSPS) is 16.2. The highest BCUT2D eigenvalue weighted by atomic mass is 16.2. The number of hydrogen-bond donors (Lipinski definition) is 1. The fourth-order valence-corrected chi connectivity index (χ4v) is 1.07. The molecule has 4 nitrogen and oxygen atoms in total. The van der Waals surface area contributed by atoms with E-state index in [2.05, 4.69) is 10.3 Å². The number of aromatic nitrogens is 2. The summed E-state index contributed by atoms with van der Waals surface area (Å²) in [7, 11) is 0. The van der Waals surface area contributed by atoms with Crippen molar-refractivity contribution >= 4 is 5.91 Å². The molecule has 0 saturated heterocycles. The van der Waals surface area contributed by atoms with Gasteiger partial charge in [-0.15, -0.1) is 0 Å². The lowest BCUT2D eigenvalue weighted by Gasteiger charge is -2.13. The summed E-state index contributed by atoms with van der Waals surface area (Å²) < 4.78 is 1.85. The van der Waals surface area contributed by atoms with Gasteiger partial charge in [-0.1, -0.05) is 0 Å². The number of amides is 1. The lowest BCUT2D eigenvalue weighted by molar-refractivity contribution is 0.0928. The molecule has 1 amide bonds. The van der Waals surface area contributed by atoms with Gasteiger partial charge in [0.1, 0.15) is 5.69 Å². The zero-order chi connectivity index (χ0) is 6.97. The number of nitrogens with zero attached hydrogens (tertiary/aromatic N) is 2. The van der Waals surface area contributed by atoms with Crippen molar-refractivity contribution in [3.63, 3.8) is 0 Å². The quantitative estimate of drug-likeness (QED) is 0.530. The van der Waals surface area contributed by atoms with Gasteiger partial charge in [-0.2, -0.15) is 0 Å². The second-order valence-corrected chi connectivity index (χ2v) is 2.23. The number of nitrogens with one attached hydrogen (secondary N) is 1. The molecule has 1 aromatic heterocycles. The second kappa shape index (κ2) is 1.83. The maximum absolute atomic E-state index is 11.0. The summed E-state index contributed by atoms with van der Waals surface area (Å²) in [5, 5.41) is 2.72. The van der Waals surface area contributed by atoms with Crippen LogP contribution in [0.2, 0.25) is 0 Å². The van der Waals surface area contributed by atoms with Crippen LogP contribution < -0.4 is 5.32 Å². The molecule has 0 saturated carbocycles. The summed E-state index contributed by atoms with van der Waals surface area (Å²) in [4.78, 5) is 14.8. The molecule has 2 rings (SSSR count). The van der Waals surface area contributed by atoms with E-state index in [1.54, 1.807) is 12.5 Å². The third kappa shape index (κ3) is 0.618. The van der Waals surface area contributed by atoms with Crippen LogP contribution in [-0.4, -0.2) is 22.0 Å². The van der Waals surface area contributed by atoms with E-state index in [9.17, 15) is 4.79 Å². The Hall–Kier alpha value is -1.32. The minimum atomic E-state index is -0.0243. The van der Waals surface area contributed by atoms with Crippen LogP contribution in [0.4, 0.5) is 0 Å². The van der Waals surface area contributed by atoms with Gasteiger partial charge in [0.15, 0.2) is 0 Å². The summed E-state index contributed by atoms with van der Waals surface area (Å²) >= 11 is 0. The highest BCUT2D eigenvalue weighted by Crippen LogP contribution is 2.01. The fourth-order valence-electron chi connectivity index (χ4n) is 1.07. The molecule has 10 heavy (non-hydrogen) atoms. The molecule has 0 aromatic carbocycles. The van der Waals surface area contributed by atoms with Crippen molar-refractivity contribution in [2.45, 2.75) is 6.54 Å². The van der Waals surface area contributed by atoms with Gasteiger partial charge in [0.05, 0.1) is 12.5 Å². The molecule has 1 aliphatic rings. The summed E-state index contributed by atoms with van der Waals surface area (Å²) in [5.74, 6) is -0.0243. The molecule has 0 bridgehead atoms. The first-order chi connectivity index (χ1) is 4.88. The smallest absolute Gasteiger partial charge is 0.269 e. The zero-order valence-electron chi connectivity index (χ0n) is 5.37. The molecule has 2 heterocycles. The minimum Gasteiger partial charge on any atom is -0.349 e. The van der Waals surface area contributed by atoms with Crippen LogP contribution in [0, 0.1) is 0 Å². The van der Waals surface area contributed by atoms with Crippen molar-refractivity contribution < 1.29 is 4.79 Å². The van der Waals surface area contributed by atoms with Crippen molar-refractivity contribution in [3.8, 4) is 0 Å². The summed E-state index contributed by atoms with van der Waals surface area (Å²) in [5.41, 5.74) is 0.659. The van der Waals surface area contributed by atoms with Crippen molar-refractivity contribution in [1.29, 1.82) is 0 Å². The van der Waals surface area contributed by atoms with E-state index in [4.69, 9.17) is 0 Å². The standard InChI is InChI=1S/C6H7N3O/c10-6-5-3-7-4-9(5)2-1-8-6/h3-4H,1-2H2,(H,8,10). The number of carbonyl (C=O) groups excluding carboxylic acids is 1. The van der Waals surface area contributed by atoms with E-state index in [1.807, 2.05) is 4.57 Å². The van der Waals surface area contributed by atoms with Gasteiger partial charge in [0.2, 0.25) is 0 Å². The Labute approximate surface area is 57.9 Å². The second-order valence-electron chi connectivity index (χ2n) is 2.23. The van der Waals surface area contributed by atoms with Crippen molar-refractivity contribution in [2.75, 3.05) is 6.54 Å². The van der Waals surface area contributed by atoms with Crippen LogP contribution in [0.1, 0.15) is 10.5 Å². The Balaban J connectivity index is 2.50. The Kier molecular flexibility index (Phi) is 1.00. The lowest BCUT2D eigenvalue weighted by atomic mass is 10.3. The number of fused-ring (bicyclic) bond motifs is 1. The van der Waals surface area contributed by atoms with Crippen LogP contribution in [0.15, 0.2) is 12.5 Å². The van der Waals surface area contributed by atoms with Gasteiger partial charge in [-0.25, -0.2) is 4.98 Å². The summed E-state index contributed by atoms with van der Waals surface area (Å²) in [6.45, 7) is 1.54. The number of imidazole rings is 1. The van der Waals surface area contributed by atoms with E-state index in [-0.39, 0.29) is 5.91 Å². The van der Waals surface area contributed by atoms with Gasteiger partial charge in [0, 0.05) is 13.1 Å². The van der Waals surface area contributed by atoms with Gasteiger partial charge in [-0.05, 0) is 0 Å². The maximum Gasteiger partial charge on any atom is 0.269 e. The highest BCUT2D eigenvalue weighted by molar-refractivity contribution is 5.92. The van der Waals surface area contributed by atoms with Crippen LogP contribution in [0.5, 0.6) is 0 Å².